The van der Waals surface area contributed by atoms with Crippen LogP contribution in [-0.4, -0.2) is 34.8 Å². The van der Waals surface area contributed by atoms with Crippen LogP contribution in [0.2, 0.25) is 0 Å². The molecule has 0 saturated carbocycles. The molecule has 1 fully saturated rings. The lowest BCUT2D eigenvalue weighted by molar-refractivity contribution is -0.135. The van der Waals surface area contributed by atoms with Gasteiger partial charge in [-0.15, -0.1) is 0 Å². The first-order valence-electron chi connectivity index (χ1n) is 11.1. The van der Waals surface area contributed by atoms with Gasteiger partial charge in [0.2, 0.25) is 0 Å². The van der Waals surface area contributed by atoms with Crippen molar-refractivity contribution in [2.24, 2.45) is 0 Å². The maximum absolute atomic E-state index is 12.3. The van der Waals surface area contributed by atoms with Gasteiger partial charge in [0.15, 0.2) is 17.7 Å². The lowest BCUT2D eigenvalue weighted by atomic mass is 10.1. The van der Waals surface area contributed by atoms with Crippen molar-refractivity contribution < 1.29 is 19.0 Å². The second kappa shape index (κ2) is 11.6. The van der Waals surface area contributed by atoms with Crippen LogP contribution >= 0.6 is 0 Å². The predicted molar refractivity (Wildman–Crippen MR) is 116 cm³/mol. The van der Waals surface area contributed by atoms with E-state index < -0.39 is 6.10 Å². The summed E-state index contributed by atoms with van der Waals surface area (Å²) in [6.45, 7) is 4.96. The molecular formula is C24H32N2O4. The lowest BCUT2D eigenvalue weighted by Crippen LogP contribution is -2.17. The zero-order valence-corrected chi connectivity index (χ0v) is 18.0. The summed E-state index contributed by atoms with van der Waals surface area (Å²) in [4.78, 5) is 21.1. The number of epoxide rings is 1. The van der Waals surface area contributed by atoms with E-state index in [2.05, 4.69) is 23.8 Å². The van der Waals surface area contributed by atoms with Gasteiger partial charge in [-0.3, -0.25) is 0 Å². The van der Waals surface area contributed by atoms with Gasteiger partial charge in [0.1, 0.15) is 5.75 Å². The summed E-state index contributed by atoms with van der Waals surface area (Å²) >= 11 is 0. The van der Waals surface area contributed by atoms with E-state index in [1.54, 1.807) is 18.5 Å². The second-order valence-corrected chi connectivity index (χ2v) is 7.66. The molecule has 6 heteroatoms. The number of unbranched alkanes of at least 4 members (excludes halogenated alkanes) is 5. The van der Waals surface area contributed by atoms with Crippen molar-refractivity contribution in [1.82, 2.24) is 9.97 Å². The highest BCUT2D eigenvalue weighted by molar-refractivity contribution is 5.82. The first-order chi connectivity index (χ1) is 14.7. The van der Waals surface area contributed by atoms with Crippen LogP contribution in [0.3, 0.4) is 0 Å². The van der Waals surface area contributed by atoms with Gasteiger partial charge < -0.3 is 14.2 Å². The summed E-state index contributed by atoms with van der Waals surface area (Å²) in [6.07, 6.45) is 12.0. The zero-order chi connectivity index (χ0) is 21.2. The van der Waals surface area contributed by atoms with Crippen molar-refractivity contribution in [2.45, 2.75) is 77.4 Å². The Labute approximate surface area is 179 Å². The fraction of sp³-hybridized carbons (Fsp3) is 0.542. The quantitative estimate of drug-likeness (QED) is 0.191. The molecule has 2 atom stereocenters. The topological polar surface area (TPSA) is 73.8 Å². The summed E-state index contributed by atoms with van der Waals surface area (Å²) in [7, 11) is 0. The summed E-state index contributed by atoms with van der Waals surface area (Å²) < 4.78 is 16.7. The molecule has 1 saturated heterocycles. The molecule has 162 valence electrons. The summed E-state index contributed by atoms with van der Waals surface area (Å²) in [5.41, 5.74) is 0.668. The van der Waals surface area contributed by atoms with Crippen molar-refractivity contribution in [2.75, 3.05) is 6.61 Å². The Morgan fingerprint density at radius 3 is 2.50 bits per heavy atom. The van der Waals surface area contributed by atoms with Gasteiger partial charge in [0, 0.05) is 0 Å². The largest absolute Gasteiger partial charge is 0.490 e. The fourth-order valence-electron chi connectivity index (χ4n) is 3.36. The van der Waals surface area contributed by atoms with E-state index in [-0.39, 0.29) is 12.1 Å². The minimum atomic E-state index is -0.461. The van der Waals surface area contributed by atoms with Crippen LogP contribution in [-0.2, 0) is 9.53 Å². The summed E-state index contributed by atoms with van der Waals surface area (Å²) in [5, 5.41) is 0. The van der Waals surface area contributed by atoms with Crippen molar-refractivity contribution in [3.63, 3.8) is 0 Å². The van der Waals surface area contributed by atoms with E-state index in [4.69, 9.17) is 14.2 Å². The molecular weight excluding hydrogens is 380 g/mol. The number of benzene rings is 1. The molecule has 0 unspecified atom stereocenters. The van der Waals surface area contributed by atoms with Crippen LogP contribution in [0.1, 0.15) is 65.2 Å². The van der Waals surface area contributed by atoms with Gasteiger partial charge in [0.25, 0.3) is 0 Å². The number of ether oxygens (including phenoxy) is 3. The Morgan fingerprint density at radius 1 is 1.00 bits per heavy atom. The number of aromatic nitrogens is 2. The van der Waals surface area contributed by atoms with Crippen LogP contribution in [0, 0.1) is 0 Å². The third-order valence-electron chi connectivity index (χ3n) is 5.12. The van der Waals surface area contributed by atoms with Crippen LogP contribution in [0.15, 0.2) is 36.7 Å². The molecule has 0 radical (unpaired) electrons. The van der Waals surface area contributed by atoms with Crippen molar-refractivity contribution >= 4 is 5.97 Å². The number of carbonyl (C=O) groups is 1. The molecule has 1 aliphatic heterocycles. The molecule has 3 rings (SSSR count). The number of nitrogens with zero attached hydrogens (tertiary/aromatic N) is 2. The molecule has 1 aromatic carbocycles. The molecule has 1 aromatic heterocycles. The second-order valence-electron chi connectivity index (χ2n) is 7.66. The van der Waals surface area contributed by atoms with E-state index in [1.165, 1.54) is 32.1 Å². The molecule has 0 aliphatic carbocycles. The van der Waals surface area contributed by atoms with Gasteiger partial charge in [-0.1, -0.05) is 64.5 Å². The van der Waals surface area contributed by atoms with Gasteiger partial charge >= 0.3 is 5.97 Å². The Bertz CT molecular complexity index is 794. The standard InChI is InChI=1S/C24H32N2O4/c1-3-5-6-7-8-11-15-28-18-16-25-23(26-17-18)19-13-9-10-14-20(19)30-24(27)22-21(29-22)12-4-2/h9-10,13-14,16-17,21-22H,3-8,11-12,15H2,1-2H3/t21-,22-/m1/s1. The van der Waals surface area contributed by atoms with Gasteiger partial charge in [-0.2, -0.15) is 0 Å². The third-order valence-corrected chi connectivity index (χ3v) is 5.12. The molecule has 30 heavy (non-hydrogen) atoms. The average Bonchev–Trinajstić information content (AvgIpc) is 3.54. The number of rotatable bonds is 13. The number of hydrogen-bond donors (Lipinski definition) is 0. The SMILES string of the molecule is CCCCCCCCOc1cnc(-c2ccccc2OC(=O)[C@@H]2O[C@@H]2CCC)nc1. The Morgan fingerprint density at radius 2 is 1.73 bits per heavy atom. The molecule has 6 nitrogen and oxygen atoms in total. The summed E-state index contributed by atoms with van der Waals surface area (Å²) in [6, 6.07) is 7.27. The average molecular weight is 413 g/mol. The Balaban J connectivity index is 1.52. The molecule has 0 N–H and O–H groups in total. The van der Waals surface area contributed by atoms with Crippen LogP contribution in [0.5, 0.6) is 11.5 Å². The predicted octanol–water partition coefficient (Wildman–Crippen LogP) is 5.36. The van der Waals surface area contributed by atoms with Crippen LogP contribution in [0.25, 0.3) is 11.4 Å². The fourth-order valence-corrected chi connectivity index (χ4v) is 3.36. The van der Waals surface area contributed by atoms with Gasteiger partial charge in [0.05, 0.1) is 30.7 Å². The number of para-hydroxylation sites is 1. The normalized spacial score (nSPS) is 17.5. The maximum Gasteiger partial charge on any atom is 0.343 e. The Hall–Kier alpha value is -2.47. The molecule has 1 aliphatic rings. The smallest absolute Gasteiger partial charge is 0.343 e. The zero-order valence-electron chi connectivity index (χ0n) is 18.0. The van der Waals surface area contributed by atoms with E-state index in [1.807, 2.05) is 18.2 Å². The van der Waals surface area contributed by atoms with E-state index in [0.717, 1.165) is 19.3 Å². The molecule has 0 amide bonds. The van der Waals surface area contributed by atoms with Crippen LogP contribution in [0.4, 0.5) is 0 Å². The molecule has 2 heterocycles. The van der Waals surface area contributed by atoms with Crippen molar-refractivity contribution in [3.8, 4) is 22.9 Å². The monoisotopic (exact) mass is 412 g/mol. The third kappa shape index (κ3) is 6.52. The minimum absolute atomic E-state index is 0.0195. The number of esters is 1. The summed E-state index contributed by atoms with van der Waals surface area (Å²) in [5.74, 6) is 1.22. The lowest BCUT2D eigenvalue weighted by Gasteiger charge is -2.09. The van der Waals surface area contributed by atoms with E-state index in [9.17, 15) is 4.79 Å². The Kier molecular flexibility index (Phi) is 8.63. The highest BCUT2D eigenvalue weighted by Crippen LogP contribution is 2.32. The van der Waals surface area contributed by atoms with Crippen LogP contribution < -0.4 is 9.47 Å². The van der Waals surface area contributed by atoms with E-state index in [0.29, 0.717) is 29.5 Å². The first-order valence-corrected chi connectivity index (χ1v) is 11.1. The molecule has 0 spiro atoms. The molecule has 0 bridgehead atoms. The first kappa shape index (κ1) is 22.2. The number of hydrogen-bond acceptors (Lipinski definition) is 6. The highest BCUT2D eigenvalue weighted by atomic mass is 16.6. The van der Waals surface area contributed by atoms with Gasteiger partial charge in [-0.05, 0) is 25.0 Å². The van der Waals surface area contributed by atoms with Crippen molar-refractivity contribution in [1.29, 1.82) is 0 Å². The minimum Gasteiger partial charge on any atom is -0.490 e. The molecule has 2 aromatic rings. The van der Waals surface area contributed by atoms with Gasteiger partial charge in [-0.25, -0.2) is 14.8 Å². The number of carbonyl (C=O) groups excluding carboxylic acids is 1. The van der Waals surface area contributed by atoms with E-state index >= 15 is 0 Å². The highest BCUT2D eigenvalue weighted by Gasteiger charge is 2.45. The maximum atomic E-state index is 12.3. The van der Waals surface area contributed by atoms with Crippen molar-refractivity contribution in [3.05, 3.63) is 36.7 Å².